The summed E-state index contributed by atoms with van der Waals surface area (Å²) in [6.45, 7) is 7.60. The number of nitrogens with zero attached hydrogens (tertiary/aromatic N) is 2. The Labute approximate surface area is 174 Å². The number of ketones is 1. The minimum absolute atomic E-state index is 0.262. The SMILES string of the molecule is CCc1noc(C)c1C(=O)OCC(=O)c1cc(C)n(CCc2ccc(F)cc2)c1C. The van der Waals surface area contributed by atoms with Crippen molar-refractivity contribution in [3.63, 3.8) is 0 Å². The average Bonchev–Trinajstić information content (AvgIpc) is 3.24. The number of carbonyl (C=O) groups is 2. The van der Waals surface area contributed by atoms with E-state index in [0.29, 0.717) is 36.4 Å². The lowest BCUT2D eigenvalue weighted by atomic mass is 10.1. The highest BCUT2D eigenvalue weighted by molar-refractivity contribution is 6.00. The molecule has 3 aromatic rings. The molecular weight excluding hydrogens is 387 g/mol. The van der Waals surface area contributed by atoms with Gasteiger partial charge in [0.25, 0.3) is 0 Å². The Morgan fingerprint density at radius 1 is 1.17 bits per heavy atom. The molecule has 158 valence electrons. The van der Waals surface area contributed by atoms with E-state index in [1.807, 2.05) is 25.3 Å². The van der Waals surface area contributed by atoms with E-state index in [2.05, 4.69) is 5.16 Å². The third-order valence-electron chi connectivity index (χ3n) is 5.22. The zero-order valence-corrected chi connectivity index (χ0v) is 17.6. The summed E-state index contributed by atoms with van der Waals surface area (Å²) in [6.07, 6.45) is 1.25. The Kier molecular flexibility index (Phi) is 6.50. The van der Waals surface area contributed by atoms with Crippen LogP contribution < -0.4 is 0 Å². The number of Topliss-reactive ketones (excluding diaryl/α,β-unsaturated/α-hetero) is 1. The topological polar surface area (TPSA) is 74.3 Å². The first kappa shape index (κ1) is 21.5. The molecule has 1 aromatic carbocycles. The standard InChI is InChI=1S/C23H25FN2O4/c1-5-20-22(16(4)30-25-20)23(28)29-13-21(27)19-12-14(2)26(15(19)3)11-10-17-6-8-18(24)9-7-17/h6-9,12H,5,10-11,13H2,1-4H3. The monoisotopic (exact) mass is 412 g/mol. The highest BCUT2D eigenvalue weighted by Gasteiger charge is 2.23. The minimum Gasteiger partial charge on any atom is -0.454 e. The fourth-order valence-electron chi connectivity index (χ4n) is 3.52. The number of carbonyl (C=O) groups excluding carboxylic acids is 2. The third kappa shape index (κ3) is 4.50. The molecule has 0 fully saturated rings. The molecule has 30 heavy (non-hydrogen) atoms. The van der Waals surface area contributed by atoms with Gasteiger partial charge in [-0.2, -0.15) is 0 Å². The molecule has 0 aliphatic rings. The molecule has 0 saturated heterocycles. The van der Waals surface area contributed by atoms with Gasteiger partial charge in [0.05, 0.1) is 5.69 Å². The zero-order chi connectivity index (χ0) is 21.8. The van der Waals surface area contributed by atoms with Crippen molar-refractivity contribution in [3.8, 4) is 0 Å². The lowest BCUT2D eigenvalue weighted by Gasteiger charge is -2.10. The van der Waals surface area contributed by atoms with E-state index in [1.54, 1.807) is 25.1 Å². The van der Waals surface area contributed by atoms with Gasteiger partial charge in [-0.05, 0) is 57.4 Å². The van der Waals surface area contributed by atoms with E-state index in [-0.39, 0.29) is 23.8 Å². The first-order valence-corrected chi connectivity index (χ1v) is 9.88. The number of benzene rings is 1. The van der Waals surface area contributed by atoms with E-state index in [0.717, 1.165) is 17.0 Å². The zero-order valence-electron chi connectivity index (χ0n) is 17.6. The highest BCUT2D eigenvalue weighted by Crippen LogP contribution is 2.19. The van der Waals surface area contributed by atoms with Gasteiger partial charge in [-0.25, -0.2) is 9.18 Å². The van der Waals surface area contributed by atoms with E-state index in [9.17, 15) is 14.0 Å². The van der Waals surface area contributed by atoms with Gasteiger partial charge in [-0.15, -0.1) is 0 Å². The second-order valence-corrected chi connectivity index (χ2v) is 7.23. The Hall–Kier alpha value is -3.22. The molecule has 0 saturated carbocycles. The highest BCUT2D eigenvalue weighted by atomic mass is 19.1. The molecule has 3 rings (SSSR count). The molecule has 0 radical (unpaired) electrons. The molecule has 6 nitrogen and oxygen atoms in total. The summed E-state index contributed by atoms with van der Waals surface area (Å²) >= 11 is 0. The van der Waals surface area contributed by atoms with Crippen LogP contribution in [0.25, 0.3) is 0 Å². The third-order valence-corrected chi connectivity index (χ3v) is 5.22. The van der Waals surface area contributed by atoms with Gasteiger partial charge in [-0.3, -0.25) is 4.79 Å². The maximum Gasteiger partial charge on any atom is 0.344 e. The molecule has 7 heteroatoms. The van der Waals surface area contributed by atoms with Gasteiger partial charge in [0.1, 0.15) is 17.1 Å². The summed E-state index contributed by atoms with van der Waals surface area (Å²) in [6, 6.07) is 8.20. The van der Waals surface area contributed by atoms with Crippen LogP contribution >= 0.6 is 0 Å². The average molecular weight is 412 g/mol. The molecule has 0 bridgehead atoms. The van der Waals surface area contributed by atoms with Crippen molar-refractivity contribution in [2.75, 3.05) is 6.61 Å². The van der Waals surface area contributed by atoms with Crippen molar-refractivity contribution in [3.05, 3.63) is 75.7 Å². The first-order chi connectivity index (χ1) is 14.3. The van der Waals surface area contributed by atoms with Crippen LogP contribution in [0.5, 0.6) is 0 Å². The van der Waals surface area contributed by atoms with Crippen molar-refractivity contribution in [2.45, 2.75) is 47.1 Å². The van der Waals surface area contributed by atoms with Crippen molar-refractivity contribution in [2.24, 2.45) is 0 Å². The molecule has 0 spiro atoms. The predicted molar refractivity (Wildman–Crippen MR) is 109 cm³/mol. The van der Waals surface area contributed by atoms with Gasteiger partial charge < -0.3 is 13.8 Å². The van der Waals surface area contributed by atoms with Crippen LogP contribution in [0, 0.1) is 26.6 Å². The number of esters is 1. The lowest BCUT2D eigenvalue weighted by Crippen LogP contribution is -2.16. The molecule has 2 heterocycles. The van der Waals surface area contributed by atoms with Crippen molar-refractivity contribution in [1.82, 2.24) is 9.72 Å². The van der Waals surface area contributed by atoms with Gasteiger partial charge in [0.2, 0.25) is 5.78 Å². The number of halogens is 1. The smallest absolute Gasteiger partial charge is 0.344 e. The lowest BCUT2D eigenvalue weighted by molar-refractivity contribution is 0.0472. The van der Waals surface area contributed by atoms with Crippen LogP contribution in [0.1, 0.15) is 56.0 Å². The van der Waals surface area contributed by atoms with E-state index < -0.39 is 5.97 Å². The summed E-state index contributed by atoms with van der Waals surface area (Å²) in [4.78, 5) is 25.1. The second kappa shape index (κ2) is 9.07. The molecule has 0 atom stereocenters. The molecule has 2 aromatic heterocycles. The summed E-state index contributed by atoms with van der Waals surface area (Å²) < 4.78 is 25.4. The number of aryl methyl sites for hydroxylation is 4. The first-order valence-electron chi connectivity index (χ1n) is 9.88. The molecule has 0 N–H and O–H groups in total. The second-order valence-electron chi connectivity index (χ2n) is 7.23. The maximum absolute atomic E-state index is 13.1. The molecule has 0 amide bonds. The van der Waals surface area contributed by atoms with E-state index in [4.69, 9.17) is 9.26 Å². The summed E-state index contributed by atoms with van der Waals surface area (Å²) in [7, 11) is 0. The number of hydrogen-bond acceptors (Lipinski definition) is 5. The van der Waals surface area contributed by atoms with Crippen LogP contribution in [0.3, 0.4) is 0 Å². The number of aromatic nitrogens is 2. The number of ether oxygens (including phenoxy) is 1. The van der Waals surface area contributed by atoms with Crippen LogP contribution in [0.15, 0.2) is 34.9 Å². The Bertz CT molecular complexity index is 1060. The summed E-state index contributed by atoms with van der Waals surface area (Å²) in [5.41, 5.74) is 4.09. The summed E-state index contributed by atoms with van der Waals surface area (Å²) in [5.74, 6) is -0.758. The molecule has 0 aliphatic carbocycles. The number of hydrogen-bond donors (Lipinski definition) is 0. The maximum atomic E-state index is 13.1. The normalized spacial score (nSPS) is 11.0. The van der Waals surface area contributed by atoms with Crippen molar-refractivity contribution >= 4 is 11.8 Å². The van der Waals surface area contributed by atoms with Gasteiger partial charge >= 0.3 is 5.97 Å². The Morgan fingerprint density at radius 2 is 1.87 bits per heavy atom. The predicted octanol–water partition coefficient (Wildman–Crippen LogP) is 4.39. The van der Waals surface area contributed by atoms with Crippen LogP contribution in [-0.2, 0) is 24.1 Å². The largest absolute Gasteiger partial charge is 0.454 e. The fraction of sp³-hybridized carbons (Fsp3) is 0.348. The Morgan fingerprint density at radius 3 is 2.53 bits per heavy atom. The van der Waals surface area contributed by atoms with Crippen molar-refractivity contribution < 1.29 is 23.2 Å². The van der Waals surface area contributed by atoms with Gasteiger partial charge in [-0.1, -0.05) is 24.2 Å². The molecular formula is C23H25FN2O4. The van der Waals surface area contributed by atoms with Gasteiger partial charge in [0, 0.05) is 23.5 Å². The van der Waals surface area contributed by atoms with Gasteiger partial charge in [0.15, 0.2) is 6.61 Å². The number of rotatable bonds is 8. The van der Waals surface area contributed by atoms with Crippen LogP contribution in [0.2, 0.25) is 0 Å². The quantitative estimate of drug-likeness (QED) is 0.405. The van der Waals surface area contributed by atoms with Crippen LogP contribution in [0.4, 0.5) is 4.39 Å². The molecule has 0 unspecified atom stereocenters. The van der Waals surface area contributed by atoms with E-state index in [1.165, 1.54) is 12.1 Å². The minimum atomic E-state index is -0.607. The summed E-state index contributed by atoms with van der Waals surface area (Å²) in [5, 5.41) is 3.83. The van der Waals surface area contributed by atoms with E-state index >= 15 is 0 Å². The Balaban J connectivity index is 1.66. The van der Waals surface area contributed by atoms with Crippen LogP contribution in [-0.4, -0.2) is 28.1 Å². The fourth-order valence-corrected chi connectivity index (χ4v) is 3.52. The van der Waals surface area contributed by atoms with Crippen molar-refractivity contribution in [1.29, 1.82) is 0 Å². The molecule has 0 aliphatic heterocycles.